The minimum atomic E-state index is -0.372. The van der Waals surface area contributed by atoms with E-state index in [1.54, 1.807) is 4.57 Å². The lowest BCUT2D eigenvalue weighted by atomic mass is 9.95. The van der Waals surface area contributed by atoms with Crippen molar-refractivity contribution in [3.8, 4) is 0 Å². The quantitative estimate of drug-likeness (QED) is 0.593. The summed E-state index contributed by atoms with van der Waals surface area (Å²) in [5, 5.41) is 11.9. The maximum absolute atomic E-state index is 12.5. The van der Waals surface area contributed by atoms with E-state index in [9.17, 15) is 9.59 Å². The fourth-order valence-corrected chi connectivity index (χ4v) is 3.61. The first-order valence-electron chi connectivity index (χ1n) is 9.49. The smallest absolute Gasteiger partial charge is 0.230 e. The largest absolute Gasteiger partial charge is 0.370 e. The Morgan fingerprint density at radius 2 is 1.89 bits per heavy atom. The number of nitrogens with one attached hydrogen (secondary N) is 1. The Hall–Kier alpha value is -2.35. The molecule has 8 heteroatoms. The number of benzene rings is 1. The third kappa shape index (κ3) is 6.09. The summed E-state index contributed by atoms with van der Waals surface area (Å²) in [6.45, 7) is 6.32. The van der Waals surface area contributed by atoms with Gasteiger partial charge in [-0.3, -0.25) is 9.59 Å². The molecule has 0 aliphatic heterocycles. The van der Waals surface area contributed by atoms with Gasteiger partial charge in [0, 0.05) is 19.9 Å². The topological polar surface area (TPSA) is 103 Å². The summed E-state index contributed by atoms with van der Waals surface area (Å²) >= 11 is 1.33. The van der Waals surface area contributed by atoms with Gasteiger partial charge in [-0.05, 0) is 23.5 Å². The molecule has 2 rings (SSSR count). The zero-order chi connectivity index (χ0) is 20.7. The van der Waals surface area contributed by atoms with Crippen molar-refractivity contribution in [3.63, 3.8) is 0 Å². The fraction of sp³-hybridized carbons (Fsp3) is 0.500. The standard InChI is InChI=1S/C20H29N5O2S/c1-5-14-6-8-15(9-7-14)19(13(2)3)22-18(27)12-28-20-24-23-17(25(20)4)11-10-16(21)26/h6-9,13,19H,5,10-12H2,1-4H3,(H2,21,26)(H,22,27)/t19-/m0/s1. The van der Waals surface area contributed by atoms with E-state index in [1.807, 2.05) is 7.05 Å². The zero-order valence-corrected chi connectivity index (χ0v) is 17.8. The van der Waals surface area contributed by atoms with Crippen molar-refractivity contribution >= 4 is 23.6 Å². The summed E-state index contributed by atoms with van der Waals surface area (Å²) in [7, 11) is 1.82. The molecule has 0 spiro atoms. The molecule has 1 heterocycles. The molecule has 0 radical (unpaired) electrons. The normalized spacial score (nSPS) is 12.2. The number of aromatic nitrogens is 3. The average Bonchev–Trinajstić information content (AvgIpc) is 3.02. The highest BCUT2D eigenvalue weighted by molar-refractivity contribution is 7.99. The molecule has 0 saturated heterocycles. The van der Waals surface area contributed by atoms with Crippen molar-refractivity contribution in [3.05, 3.63) is 41.2 Å². The molecule has 0 bridgehead atoms. The summed E-state index contributed by atoms with van der Waals surface area (Å²) in [5.41, 5.74) is 7.57. The molecule has 3 N–H and O–H groups in total. The second kappa shape index (κ2) is 10.3. The molecular formula is C20H29N5O2S. The Balaban J connectivity index is 1.95. The monoisotopic (exact) mass is 403 g/mol. The lowest BCUT2D eigenvalue weighted by Gasteiger charge is -2.23. The highest BCUT2D eigenvalue weighted by Gasteiger charge is 2.19. The maximum Gasteiger partial charge on any atom is 0.230 e. The SMILES string of the molecule is CCc1ccc([C@@H](NC(=O)CSc2nnc(CCC(N)=O)n2C)C(C)C)cc1. The number of amides is 2. The van der Waals surface area contributed by atoms with Crippen LogP contribution in [-0.2, 0) is 29.5 Å². The van der Waals surface area contributed by atoms with Crippen molar-refractivity contribution in [2.24, 2.45) is 18.7 Å². The molecule has 152 valence electrons. The second-order valence-electron chi connectivity index (χ2n) is 7.10. The second-order valence-corrected chi connectivity index (χ2v) is 8.04. The predicted octanol–water partition coefficient (Wildman–Crippen LogP) is 2.40. The summed E-state index contributed by atoms with van der Waals surface area (Å²) < 4.78 is 1.80. The fourth-order valence-electron chi connectivity index (χ4n) is 2.86. The number of carbonyl (C=O) groups is 2. The van der Waals surface area contributed by atoms with Gasteiger partial charge in [0.2, 0.25) is 11.8 Å². The highest BCUT2D eigenvalue weighted by Crippen LogP contribution is 2.23. The van der Waals surface area contributed by atoms with Gasteiger partial charge in [0.15, 0.2) is 5.16 Å². The number of aryl methyl sites for hydroxylation is 2. The molecule has 1 atom stereocenters. The Morgan fingerprint density at radius 1 is 1.21 bits per heavy atom. The average molecular weight is 404 g/mol. The van der Waals surface area contributed by atoms with Crippen LogP contribution < -0.4 is 11.1 Å². The van der Waals surface area contributed by atoms with Gasteiger partial charge in [-0.15, -0.1) is 10.2 Å². The van der Waals surface area contributed by atoms with Crippen molar-refractivity contribution in [2.45, 2.75) is 51.2 Å². The lowest BCUT2D eigenvalue weighted by molar-refractivity contribution is -0.120. The minimum Gasteiger partial charge on any atom is -0.370 e. The van der Waals surface area contributed by atoms with Gasteiger partial charge in [-0.1, -0.05) is 56.8 Å². The first-order chi connectivity index (χ1) is 13.3. The Morgan fingerprint density at radius 3 is 2.46 bits per heavy atom. The van der Waals surface area contributed by atoms with Crippen LogP contribution in [0, 0.1) is 5.92 Å². The third-order valence-electron chi connectivity index (χ3n) is 4.58. The van der Waals surface area contributed by atoms with Gasteiger partial charge >= 0.3 is 0 Å². The molecule has 0 unspecified atom stereocenters. The van der Waals surface area contributed by atoms with Crippen LogP contribution in [-0.4, -0.2) is 32.3 Å². The number of thioether (sulfide) groups is 1. The number of nitrogens with zero attached hydrogens (tertiary/aromatic N) is 3. The predicted molar refractivity (Wildman–Crippen MR) is 111 cm³/mol. The van der Waals surface area contributed by atoms with Crippen LogP contribution >= 0.6 is 11.8 Å². The number of hydrogen-bond acceptors (Lipinski definition) is 5. The van der Waals surface area contributed by atoms with E-state index in [0.29, 0.717) is 17.4 Å². The van der Waals surface area contributed by atoms with E-state index in [2.05, 4.69) is 60.6 Å². The van der Waals surface area contributed by atoms with Gasteiger partial charge in [0.1, 0.15) is 5.82 Å². The molecule has 0 fully saturated rings. The molecule has 2 amide bonds. The van der Waals surface area contributed by atoms with Gasteiger partial charge in [-0.25, -0.2) is 0 Å². The molecule has 7 nitrogen and oxygen atoms in total. The van der Waals surface area contributed by atoms with Crippen LogP contribution in [0.1, 0.15) is 50.2 Å². The van der Waals surface area contributed by atoms with Crippen LogP contribution in [0.4, 0.5) is 0 Å². The van der Waals surface area contributed by atoms with Crippen LogP contribution in [0.3, 0.4) is 0 Å². The van der Waals surface area contributed by atoms with Gasteiger partial charge < -0.3 is 15.6 Å². The summed E-state index contributed by atoms with van der Waals surface area (Å²) in [4.78, 5) is 23.4. The Bertz CT molecular complexity index is 801. The highest BCUT2D eigenvalue weighted by atomic mass is 32.2. The van der Waals surface area contributed by atoms with Crippen LogP contribution in [0.15, 0.2) is 29.4 Å². The van der Waals surface area contributed by atoms with E-state index in [0.717, 1.165) is 12.0 Å². The van der Waals surface area contributed by atoms with Crippen molar-refractivity contribution < 1.29 is 9.59 Å². The number of nitrogens with two attached hydrogens (primary N) is 1. The van der Waals surface area contributed by atoms with Gasteiger partial charge in [0.25, 0.3) is 0 Å². The Kier molecular flexibility index (Phi) is 8.04. The molecule has 0 aliphatic carbocycles. The number of rotatable bonds is 10. The molecule has 2 aromatic rings. The summed E-state index contributed by atoms with van der Waals surface area (Å²) in [6, 6.07) is 8.36. The number of primary amides is 1. The van der Waals surface area contributed by atoms with Crippen LogP contribution in [0.2, 0.25) is 0 Å². The minimum absolute atomic E-state index is 0.0374. The molecule has 1 aromatic heterocycles. The van der Waals surface area contributed by atoms with E-state index in [4.69, 9.17) is 5.73 Å². The van der Waals surface area contributed by atoms with Crippen molar-refractivity contribution in [1.29, 1.82) is 0 Å². The maximum atomic E-state index is 12.5. The summed E-state index contributed by atoms with van der Waals surface area (Å²) in [5.74, 6) is 0.778. The van der Waals surface area contributed by atoms with Crippen molar-refractivity contribution in [1.82, 2.24) is 20.1 Å². The first kappa shape index (κ1) is 21.9. The van der Waals surface area contributed by atoms with Crippen LogP contribution in [0.5, 0.6) is 0 Å². The van der Waals surface area contributed by atoms with Crippen molar-refractivity contribution in [2.75, 3.05) is 5.75 Å². The number of carbonyl (C=O) groups excluding carboxylic acids is 2. The molecule has 0 aliphatic rings. The molecule has 0 saturated carbocycles. The zero-order valence-electron chi connectivity index (χ0n) is 16.9. The van der Waals surface area contributed by atoms with Crippen LogP contribution in [0.25, 0.3) is 0 Å². The van der Waals surface area contributed by atoms with E-state index >= 15 is 0 Å². The molecular weight excluding hydrogens is 374 g/mol. The molecule has 1 aromatic carbocycles. The van der Waals surface area contributed by atoms with Gasteiger partial charge in [-0.2, -0.15) is 0 Å². The molecule has 28 heavy (non-hydrogen) atoms. The van der Waals surface area contributed by atoms with Gasteiger partial charge in [0.05, 0.1) is 11.8 Å². The summed E-state index contributed by atoms with van der Waals surface area (Å²) in [6.07, 6.45) is 1.66. The number of hydrogen-bond donors (Lipinski definition) is 2. The third-order valence-corrected chi connectivity index (χ3v) is 5.60. The lowest BCUT2D eigenvalue weighted by Crippen LogP contribution is -2.33. The Labute approximate surface area is 170 Å². The van der Waals surface area contributed by atoms with E-state index in [1.165, 1.54) is 17.3 Å². The van der Waals surface area contributed by atoms with E-state index < -0.39 is 0 Å². The first-order valence-corrected chi connectivity index (χ1v) is 10.5. The van der Waals surface area contributed by atoms with E-state index in [-0.39, 0.29) is 35.9 Å².